The first-order chi connectivity index (χ1) is 13.9. The zero-order valence-electron chi connectivity index (χ0n) is 15.8. The Kier molecular flexibility index (Phi) is 6.13. The van der Waals surface area contributed by atoms with Crippen LogP contribution >= 0.6 is 0 Å². The maximum absolute atomic E-state index is 12.3. The monoisotopic (exact) mass is 417 g/mol. The molecule has 0 aliphatic carbocycles. The molecular formula is C19H19N3O6S. The molecule has 0 saturated carbocycles. The highest BCUT2D eigenvalue weighted by molar-refractivity contribution is 7.91. The van der Waals surface area contributed by atoms with Crippen molar-refractivity contribution < 1.29 is 27.1 Å². The van der Waals surface area contributed by atoms with Crippen LogP contribution in [0, 0.1) is 0 Å². The number of hydrogen-bond donors (Lipinski definition) is 1. The number of hydrogen-bond acceptors (Lipinski definition) is 8. The molecule has 0 atom stereocenters. The number of nitrogens with zero attached hydrogens (tertiary/aromatic N) is 2. The van der Waals surface area contributed by atoms with E-state index in [-0.39, 0.29) is 29.0 Å². The Morgan fingerprint density at radius 2 is 1.55 bits per heavy atom. The van der Waals surface area contributed by atoms with Crippen LogP contribution in [0.1, 0.15) is 6.42 Å². The van der Waals surface area contributed by atoms with Crippen LogP contribution in [0.4, 0.5) is 6.01 Å². The number of rotatable bonds is 8. The van der Waals surface area contributed by atoms with Crippen LogP contribution in [-0.4, -0.2) is 44.5 Å². The summed E-state index contributed by atoms with van der Waals surface area (Å²) in [5.74, 6) is 0.538. The van der Waals surface area contributed by atoms with Gasteiger partial charge in [-0.2, -0.15) is 0 Å². The molecule has 0 spiro atoms. The lowest BCUT2D eigenvalue weighted by Gasteiger charge is -2.05. The predicted octanol–water partition coefficient (Wildman–Crippen LogP) is 2.56. The third-order valence-corrected chi connectivity index (χ3v) is 5.76. The van der Waals surface area contributed by atoms with Crippen molar-refractivity contribution in [1.82, 2.24) is 10.2 Å². The average Bonchev–Trinajstić information content (AvgIpc) is 3.21. The number of aromatic nitrogens is 2. The summed E-state index contributed by atoms with van der Waals surface area (Å²) in [6, 6.07) is 12.8. The Bertz CT molecular complexity index is 1080. The van der Waals surface area contributed by atoms with E-state index >= 15 is 0 Å². The topological polar surface area (TPSA) is 121 Å². The molecule has 9 nitrogen and oxygen atoms in total. The van der Waals surface area contributed by atoms with Crippen LogP contribution in [0.2, 0.25) is 0 Å². The summed E-state index contributed by atoms with van der Waals surface area (Å²) in [6.07, 6.45) is -0.255. The lowest BCUT2D eigenvalue weighted by molar-refractivity contribution is -0.115. The second-order valence-electron chi connectivity index (χ2n) is 5.93. The van der Waals surface area contributed by atoms with Crippen molar-refractivity contribution in [1.29, 1.82) is 0 Å². The Morgan fingerprint density at radius 3 is 2.14 bits per heavy atom. The zero-order chi connectivity index (χ0) is 20.9. The summed E-state index contributed by atoms with van der Waals surface area (Å²) >= 11 is 0. The van der Waals surface area contributed by atoms with Crippen molar-refractivity contribution in [3.05, 3.63) is 48.5 Å². The molecule has 1 amide bonds. The molecule has 29 heavy (non-hydrogen) atoms. The van der Waals surface area contributed by atoms with Crippen LogP contribution < -0.4 is 14.8 Å². The molecule has 0 aliphatic rings. The minimum absolute atomic E-state index is 0.109. The van der Waals surface area contributed by atoms with Crippen LogP contribution in [-0.2, 0) is 14.6 Å². The highest BCUT2D eigenvalue weighted by atomic mass is 32.2. The number of ether oxygens (including phenoxy) is 2. The van der Waals surface area contributed by atoms with Crippen LogP contribution in [0.5, 0.6) is 11.5 Å². The van der Waals surface area contributed by atoms with Gasteiger partial charge in [-0.1, -0.05) is 5.10 Å². The smallest absolute Gasteiger partial charge is 0.322 e. The van der Waals surface area contributed by atoms with E-state index in [0.717, 1.165) is 0 Å². The molecule has 0 fully saturated rings. The molecule has 1 aromatic heterocycles. The summed E-state index contributed by atoms with van der Waals surface area (Å²) in [7, 11) is -0.561. The highest BCUT2D eigenvalue weighted by Gasteiger charge is 2.18. The summed E-state index contributed by atoms with van der Waals surface area (Å²) in [5.41, 5.74) is 0.654. The molecular weight excluding hydrogens is 398 g/mol. The van der Waals surface area contributed by atoms with E-state index in [0.29, 0.717) is 17.1 Å². The van der Waals surface area contributed by atoms with Gasteiger partial charge in [-0.15, -0.1) is 5.10 Å². The maximum Gasteiger partial charge on any atom is 0.322 e. The van der Waals surface area contributed by atoms with E-state index in [4.69, 9.17) is 13.9 Å². The minimum atomic E-state index is -3.61. The summed E-state index contributed by atoms with van der Waals surface area (Å²) < 4.78 is 40.2. The number of sulfone groups is 1. The van der Waals surface area contributed by atoms with Gasteiger partial charge in [-0.25, -0.2) is 8.42 Å². The lowest BCUT2D eigenvalue weighted by Crippen LogP contribution is -2.17. The van der Waals surface area contributed by atoms with Crippen molar-refractivity contribution in [3.8, 4) is 23.0 Å². The average molecular weight is 417 g/mol. The maximum atomic E-state index is 12.3. The van der Waals surface area contributed by atoms with Gasteiger partial charge in [0.05, 0.1) is 24.9 Å². The van der Waals surface area contributed by atoms with Gasteiger partial charge < -0.3 is 13.9 Å². The second kappa shape index (κ2) is 8.74. The largest absolute Gasteiger partial charge is 0.497 e. The third kappa shape index (κ3) is 5.11. The number of anilines is 1. The van der Waals surface area contributed by atoms with Gasteiger partial charge in [0, 0.05) is 12.0 Å². The zero-order valence-corrected chi connectivity index (χ0v) is 16.6. The van der Waals surface area contributed by atoms with Crippen molar-refractivity contribution >= 4 is 21.8 Å². The number of methoxy groups -OCH3 is 2. The Morgan fingerprint density at radius 1 is 0.966 bits per heavy atom. The van der Waals surface area contributed by atoms with Crippen molar-refractivity contribution in [3.63, 3.8) is 0 Å². The van der Waals surface area contributed by atoms with E-state index in [1.165, 1.54) is 19.2 Å². The summed E-state index contributed by atoms with van der Waals surface area (Å²) in [6.45, 7) is 0. The van der Waals surface area contributed by atoms with Gasteiger partial charge in [0.2, 0.25) is 11.8 Å². The first-order valence-electron chi connectivity index (χ1n) is 8.56. The summed E-state index contributed by atoms with van der Waals surface area (Å²) in [5, 5.41) is 10.0. The third-order valence-electron chi connectivity index (χ3n) is 4.02. The van der Waals surface area contributed by atoms with E-state index < -0.39 is 15.7 Å². The van der Waals surface area contributed by atoms with Gasteiger partial charge in [0.15, 0.2) is 9.84 Å². The van der Waals surface area contributed by atoms with E-state index in [1.807, 2.05) is 0 Å². The molecule has 152 valence electrons. The number of amides is 1. The fourth-order valence-corrected chi connectivity index (χ4v) is 3.67. The van der Waals surface area contributed by atoms with Gasteiger partial charge in [0.25, 0.3) is 0 Å². The molecule has 10 heteroatoms. The summed E-state index contributed by atoms with van der Waals surface area (Å²) in [4.78, 5) is 12.2. The molecule has 3 aromatic rings. The molecule has 0 bridgehead atoms. The van der Waals surface area contributed by atoms with Gasteiger partial charge in [0.1, 0.15) is 11.5 Å². The number of nitrogens with one attached hydrogen (secondary N) is 1. The Labute approximate surface area is 167 Å². The Hall–Kier alpha value is -3.40. The lowest BCUT2D eigenvalue weighted by atomic mass is 10.2. The van der Waals surface area contributed by atoms with Crippen LogP contribution in [0.15, 0.2) is 57.8 Å². The molecule has 0 saturated heterocycles. The fourth-order valence-electron chi connectivity index (χ4n) is 2.43. The van der Waals surface area contributed by atoms with Crippen molar-refractivity contribution in [2.24, 2.45) is 0 Å². The molecule has 0 aliphatic heterocycles. The highest BCUT2D eigenvalue weighted by Crippen LogP contribution is 2.23. The van der Waals surface area contributed by atoms with Gasteiger partial charge >= 0.3 is 6.01 Å². The quantitative estimate of drug-likeness (QED) is 0.594. The number of carbonyl (C=O) groups excluding carboxylic acids is 1. The van der Waals surface area contributed by atoms with Gasteiger partial charge in [-0.05, 0) is 48.5 Å². The van der Waals surface area contributed by atoms with Crippen molar-refractivity contribution in [2.75, 3.05) is 25.3 Å². The molecule has 3 rings (SSSR count). The Balaban J connectivity index is 1.58. The van der Waals surface area contributed by atoms with Crippen LogP contribution in [0.3, 0.4) is 0 Å². The molecule has 0 unspecified atom stereocenters. The SMILES string of the molecule is COc1ccc(-c2nnc(NC(=O)CCS(=O)(=O)c3ccc(OC)cc3)o2)cc1. The molecule has 1 N–H and O–H groups in total. The number of benzene rings is 2. The second-order valence-corrected chi connectivity index (χ2v) is 8.04. The molecule has 2 aromatic carbocycles. The molecule has 1 heterocycles. The van der Waals surface area contributed by atoms with Crippen molar-refractivity contribution in [2.45, 2.75) is 11.3 Å². The predicted molar refractivity (Wildman–Crippen MR) is 105 cm³/mol. The van der Waals surface area contributed by atoms with Gasteiger partial charge in [-0.3, -0.25) is 10.1 Å². The van der Waals surface area contributed by atoms with E-state index in [2.05, 4.69) is 15.5 Å². The normalized spacial score (nSPS) is 11.1. The van der Waals surface area contributed by atoms with E-state index in [1.54, 1.807) is 43.5 Å². The number of carbonyl (C=O) groups is 1. The standard InChI is InChI=1S/C19H19N3O6S/c1-26-14-5-3-13(4-6-14)18-21-22-19(28-18)20-17(23)11-12-29(24,25)16-9-7-15(27-2)8-10-16/h3-10H,11-12H2,1-2H3,(H,20,22,23). The van der Waals surface area contributed by atoms with E-state index in [9.17, 15) is 13.2 Å². The molecule has 0 radical (unpaired) electrons. The fraction of sp³-hybridized carbons (Fsp3) is 0.211. The first-order valence-corrected chi connectivity index (χ1v) is 10.2. The minimum Gasteiger partial charge on any atom is -0.497 e. The first kappa shape index (κ1) is 20.3. The van der Waals surface area contributed by atoms with Crippen LogP contribution in [0.25, 0.3) is 11.5 Å².